The van der Waals surface area contributed by atoms with Crippen LogP contribution in [0.25, 0.3) is 11.4 Å². The fraction of sp³-hybridized carbons (Fsp3) is 0.158. The van der Waals surface area contributed by atoms with Crippen molar-refractivity contribution in [3.63, 3.8) is 0 Å². The largest absolute Gasteiger partial charge is 0.497 e. The van der Waals surface area contributed by atoms with E-state index in [2.05, 4.69) is 21.6 Å². The van der Waals surface area contributed by atoms with Crippen LogP contribution in [0.3, 0.4) is 0 Å². The number of rotatable bonds is 6. The first-order chi connectivity index (χ1) is 13.5. The molecule has 8 nitrogen and oxygen atoms in total. The van der Waals surface area contributed by atoms with Crippen LogP contribution in [0, 0.1) is 11.3 Å². The quantitative estimate of drug-likeness (QED) is 0.487. The number of aromatic nitrogens is 3. The number of amides is 1. The molecule has 0 radical (unpaired) electrons. The second-order valence-electron chi connectivity index (χ2n) is 5.81. The van der Waals surface area contributed by atoms with E-state index in [1.807, 2.05) is 12.1 Å². The molecule has 0 unspecified atom stereocenters. The van der Waals surface area contributed by atoms with Crippen molar-refractivity contribution in [3.05, 3.63) is 54.1 Å². The summed E-state index contributed by atoms with van der Waals surface area (Å²) in [7, 11) is 1.59. The van der Waals surface area contributed by atoms with Crippen LogP contribution in [0.15, 0.2) is 53.7 Å². The fourth-order valence-corrected chi connectivity index (χ4v) is 3.20. The third-order valence-electron chi connectivity index (χ3n) is 3.97. The molecule has 0 bridgehead atoms. The summed E-state index contributed by atoms with van der Waals surface area (Å²) in [5, 5.41) is 20.0. The molecule has 0 aliphatic heterocycles. The van der Waals surface area contributed by atoms with E-state index in [1.165, 1.54) is 16.4 Å². The van der Waals surface area contributed by atoms with Crippen LogP contribution in [0.5, 0.6) is 5.75 Å². The monoisotopic (exact) mass is 394 g/mol. The van der Waals surface area contributed by atoms with Crippen LogP contribution < -0.4 is 15.9 Å². The number of nitrogen functional groups attached to an aromatic ring is 1. The SMILES string of the molecule is COc1ccc(-c2nnc(S[C@H](C)C(=O)Nc3ccccc3C#N)n2N)cc1. The summed E-state index contributed by atoms with van der Waals surface area (Å²) in [5.41, 5.74) is 1.65. The minimum absolute atomic E-state index is 0.262. The molecular weight excluding hydrogens is 376 g/mol. The molecule has 1 heterocycles. The summed E-state index contributed by atoms with van der Waals surface area (Å²) in [4.78, 5) is 12.5. The first kappa shape index (κ1) is 19.3. The molecule has 3 rings (SSSR count). The highest BCUT2D eigenvalue weighted by molar-refractivity contribution is 8.00. The van der Waals surface area contributed by atoms with Gasteiger partial charge in [0.05, 0.1) is 23.6 Å². The highest BCUT2D eigenvalue weighted by Gasteiger charge is 2.20. The van der Waals surface area contributed by atoms with Crippen LogP contribution in [0.1, 0.15) is 12.5 Å². The maximum absolute atomic E-state index is 12.5. The molecule has 9 heteroatoms. The van der Waals surface area contributed by atoms with E-state index in [4.69, 9.17) is 15.8 Å². The standard InChI is InChI=1S/C19H18N6O2S/c1-12(18(26)22-16-6-4-3-5-14(16)11-20)28-19-24-23-17(25(19)21)13-7-9-15(27-2)10-8-13/h3-10,12H,21H2,1-2H3,(H,22,26)/t12-/m1/s1. The minimum atomic E-state index is -0.498. The molecule has 0 saturated heterocycles. The van der Waals surface area contributed by atoms with Crippen molar-refractivity contribution in [2.45, 2.75) is 17.3 Å². The van der Waals surface area contributed by atoms with Crippen molar-refractivity contribution in [2.75, 3.05) is 18.3 Å². The first-order valence-corrected chi connectivity index (χ1v) is 9.23. The molecule has 0 saturated carbocycles. The average Bonchev–Trinajstić information content (AvgIpc) is 3.08. The van der Waals surface area contributed by atoms with E-state index >= 15 is 0 Å². The minimum Gasteiger partial charge on any atom is -0.497 e. The Hall–Kier alpha value is -3.51. The van der Waals surface area contributed by atoms with Gasteiger partial charge < -0.3 is 15.9 Å². The van der Waals surface area contributed by atoms with Gasteiger partial charge in [-0.3, -0.25) is 4.79 Å². The van der Waals surface area contributed by atoms with Gasteiger partial charge in [-0.05, 0) is 43.3 Å². The lowest BCUT2D eigenvalue weighted by Gasteiger charge is -2.12. The second-order valence-corrected chi connectivity index (χ2v) is 7.12. The molecule has 2 aromatic carbocycles. The number of nitrogens with one attached hydrogen (secondary N) is 1. The number of nitrogens with zero attached hydrogens (tertiary/aromatic N) is 4. The number of thioether (sulfide) groups is 1. The van der Waals surface area contributed by atoms with Crippen molar-refractivity contribution >= 4 is 23.4 Å². The van der Waals surface area contributed by atoms with E-state index in [9.17, 15) is 4.79 Å². The molecule has 0 spiro atoms. The van der Waals surface area contributed by atoms with Crippen molar-refractivity contribution in [1.29, 1.82) is 5.26 Å². The van der Waals surface area contributed by atoms with Gasteiger partial charge in [0.15, 0.2) is 5.82 Å². The Bertz CT molecular complexity index is 1030. The molecule has 28 heavy (non-hydrogen) atoms. The van der Waals surface area contributed by atoms with Crippen molar-refractivity contribution in [1.82, 2.24) is 14.9 Å². The molecule has 0 aliphatic rings. The highest BCUT2D eigenvalue weighted by atomic mass is 32.2. The number of anilines is 1. The summed E-state index contributed by atoms with van der Waals surface area (Å²) >= 11 is 1.18. The molecule has 3 aromatic rings. The van der Waals surface area contributed by atoms with Gasteiger partial charge in [-0.25, -0.2) is 4.68 Å². The third-order valence-corrected chi connectivity index (χ3v) is 5.03. The third kappa shape index (κ3) is 4.07. The van der Waals surface area contributed by atoms with Crippen LogP contribution in [-0.4, -0.2) is 33.1 Å². The summed E-state index contributed by atoms with van der Waals surface area (Å²) in [6, 6.07) is 16.1. The summed E-state index contributed by atoms with van der Waals surface area (Å²) in [6.07, 6.45) is 0. The van der Waals surface area contributed by atoms with Gasteiger partial charge in [-0.1, -0.05) is 23.9 Å². The maximum atomic E-state index is 12.5. The number of carbonyl (C=O) groups is 1. The van der Waals surface area contributed by atoms with Gasteiger partial charge >= 0.3 is 0 Å². The summed E-state index contributed by atoms with van der Waals surface area (Å²) < 4.78 is 6.49. The van der Waals surface area contributed by atoms with E-state index < -0.39 is 5.25 Å². The zero-order valence-electron chi connectivity index (χ0n) is 15.3. The van der Waals surface area contributed by atoms with Gasteiger partial charge in [0.2, 0.25) is 11.1 Å². The predicted molar refractivity (Wildman–Crippen MR) is 107 cm³/mol. The Morgan fingerprint density at radius 3 is 2.64 bits per heavy atom. The molecule has 1 atom stereocenters. The Labute approximate surface area is 166 Å². The fourth-order valence-electron chi connectivity index (χ4n) is 2.43. The maximum Gasteiger partial charge on any atom is 0.237 e. The molecule has 0 fully saturated rings. The molecule has 0 aliphatic carbocycles. The summed E-state index contributed by atoms with van der Waals surface area (Å²) in [6.45, 7) is 1.73. The second kappa shape index (κ2) is 8.45. The number of hydrogen-bond acceptors (Lipinski definition) is 7. The number of para-hydroxylation sites is 1. The van der Waals surface area contributed by atoms with Gasteiger partial charge in [-0.15, -0.1) is 10.2 Å². The van der Waals surface area contributed by atoms with Crippen LogP contribution >= 0.6 is 11.8 Å². The normalized spacial score (nSPS) is 11.5. The molecule has 1 amide bonds. The summed E-state index contributed by atoms with van der Waals surface area (Å²) in [5.74, 6) is 7.06. The number of carbonyl (C=O) groups excluding carboxylic acids is 1. The lowest BCUT2D eigenvalue weighted by molar-refractivity contribution is -0.115. The molecular formula is C19H18N6O2S. The van der Waals surface area contributed by atoms with E-state index in [0.717, 1.165) is 11.3 Å². The number of hydrogen-bond donors (Lipinski definition) is 2. The highest BCUT2D eigenvalue weighted by Crippen LogP contribution is 2.26. The zero-order valence-corrected chi connectivity index (χ0v) is 16.1. The average molecular weight is 394 g/mol. The Morgan fingerprint density at radius 1 is 1.25 bits per heavy atom. The van der Waals surface area contributed by atoms with Crippen molar-refractivity contribution in [2.24, 2.45) is 0 Å². The topological polar surface area (TPSA) is 119 Å². The number of methoxy groups -OCH3 is 1. The van der Waals surface area contributed by atoms with Crippen LogP contribution in [0.2, 0.25) is 0 Å². The number of nitriles is 1. The van der Waals surface area contributed by atoms with Gasteiger partial charge in [0.1, 0.15) is 11.8 Å². The van der Waals surface area contributed by atoms with E-state index in [0.29, 0.717) is 22.2 Å². The lowest BCUT2D eigenvalue weighted by atomic mass is 10.2. The number of ether oxygens (including phenoxy) is 1. The van der Waals surface area contributed by atoms with E-state index in [-0.39, 0.29) is 5.91 Å². The van der Waals surface area contributed by atoms with Crippen LogP contribution in [0.4, 0.5) is 5.69 Å². The molecule has 3 N–H and O–H groups in total. The Morgan fingerprint density at radius 2 is 1.96 bits per heavy atom. The van der Waals surface area contributed by atoms with Gasteiger partial charge in [-0.2, -0.15) is 5.26 Å². The van der Waals surface area contributed by atoms with Crippen LogP contribution in [-0.2, 0) is 4.79 Å². The molecule has 142 valence electrons. The van der Waals surface area contributed by atoms with Crippen molar-refractivity contribution in [3.8, 4) is 23.2 Å². The smallest absolute Gasteiger partial charge is 0.237 e. The molecule has 1 aromatic heterocycles. The van der Waals surface area contributed by atoms with Gasteiger partial charge in [0.25, 0.3) is 0 Å². The van der Waals surface area contributed by atoms with E-state index in [1.54, 1.807) is 50.4 Å². The number of nitrogens with two attached hydrogens (primary N) is 1. The van der Waals surface area contributed by atoms with Crippen molar-refractivity contribution < 1.29 is 9.53 Å². The Balaban J connectivity index is 1.72. The zero-order chi connectivity index (χ0) is 20.1. The number of benzene rings is 2. The predicted octanol–water partition coefficient (Wildman–Crippen LogP) is 2.66. The lowest BCUT2D eigenvalue weighted by Crippen LogP contribution is -2.24. The Kier molecular flexibility index (Phi) is 5.81. The van der Waals surface area contributed by atoms with Gasteiger partial charge in [0, 0.05) is 5.56 Å². The first-order valence-electron chi connectivity index (χ1n) is 8.35.